The Morgan fingerprint density at radius 2 is 1.79 bits per heavy atom. The summed E-state index contributed by atoms with van der Waals surface area (Å²) in [6.45, 7) is 0. The minimum atomic E-state index is -1.09. The molecule has 28 heavy (non-hydrogen) atoms. The number of benzene rings is 3. The Morgan fingerprint density at radius 3 is 2.50 bits per heavy atom. The largest absolute Gasteiger partial charge is 0.497 e. The lowest BCUT2D eigenvalue weighted by atomic mass is 9.72. The van der Waals surface area contributed by atoms with E-state index in [1.165, 1.54) is 5.56 Å². The molecule has 0 bridgehead atoms. The Hall–Kier alpha value is -2.30. The molecule has 0 saturated heterocycles. The van der Waals surface area contributed by atoms with Crippen molar-refractivity contribution in [2.45, 2.75) is 30.0 Å². The van der Waals surface area contributed by atoms with Gasteiger partial charge in [-0.05, 0) is 48.2 Å². The predicted octanol–water partition coefficient (Wildman–Crippen LogP) is 5.51. The van der Waals surface area contributed by atoms with E-state index in [1.54, 1.807) is 7.11 Å². The standard InChI is InChI=1S/C24H21BrO3/c1-27-19-11-12-21-22(15-19)28-24(17-7-9-18(25)10-8-17)20(13-14-23(21,24)26)16-5-3-2-4-6-16/h2-12,15,20,26H,13-14H2,1H3/t20?,23?,24-/m0/s1. The summed E-state index contributed by atoms with van der Waals surface area (Å²) in [5.74, 6) is 1.47. The third-order valence-corrected chi connectivity index (χ3v) is 6.81. The van der Waals surface area contributed by atoms with E-state index in [4.69, 9.17) is 9.47 Å². The molecule has 1 aliphatic heterocycles. The van der Waals surface area contributed by atoms with E-state index in [0.717, 1.165) is 27.8 Å². The van der Waals surface area contributed by atoms with Crippen molar-refractivity contribution in [3.63, 3.8) is 0 Å². The molecule has 1 heterocycles. The first-order valence-electron chi connectivity index (χ1n) is 9.49. The molecule has 1 saturated carbocycles. The topological polar surface area (TPSA) is 38.7 Å². The highest BCUT2D eigenvalue weighted by Crippen LogP contribution is 2.66. The minimum Gasteiger partial charge on any atom is -0.497 e. The Kier molecular flexibility index (Phi) is 4.04. The van der Waals surface area contributed by atoms with Crippen molar-refractivity contribution in [3.8, 4) is 11.5 Å². The molecule has 0 radical (unpaired) electrons. The number of rotatable bonds is 3. The molecular formula is C24H21BrO3. The van der Waals surface area contributed by atoms with Gasteiger partial charge in [-0.15, -0.1) is 0 Å². The molecule has 3 atom stereocenters. The van der Waals surface area contributed by atoms with Gasteiger partial charge in [0.25, 0.3) is 0 Å². The van der Waals surface area contributed by atoms with E-state index in [1.807, 2.05) is 48.5 Å². The molecule has 3 aromatic rings. The zero-order chi connectivity index (χ0) is 19.4. The van der Waals surface area contributed by atoms with Crippen LogP contribution in [0.3, 0.4) is 0 Å². The third kappa shape index (κ3) is 2.31. The van der Waals surface area contributed by atoms with Crippen molar-refractivity contribution in [1.82, 2.24) is 0 Å². The first-order valence-corrected chi connectivity index (χ1v) is 10.3. The van der Waals surface area contributed by atoms with Gasteiger partial charge in [0.2, 0.25) is 0 Å². The van der Waals surface area contributed by atoms with Crippen LogP contribution in [-0.2, 0) is 11.2 Å². The van der Waals surface area contributed by atoms with E-state index in [9.17, 15) is 5.11 Å². The van der Waals surface area contributed by atoms with Crippen molar-refractivity contribution in [2.24, 2.45) is 0 Å². The number of fused-ring (bicyclic) bond motifs is 3. The zero-order valence-electron chi connectivity index (χ0n) is 15.6. The molecule has 3 aromatic carbocycles. The second kappa shape index (κ2) is 6.36. The van der Waals surface area contributed by atoms with Crippen molar-refractivity contribution < 1.29 is 14.6 Å². The second-order valence-corrected chi connectivity index (χ2v) is 8.48. The molecule has 5 rings (SSSR count). The van der Waals surface area contributed by atoms with Gasteiger partial charge in [-0.2, -0.15) is 0 Å². The molecule has 2 unspecified atom stereocenters. The van der Waals surface area contributed by atoms with Crippen molar-refractivity contribution in [2.75, 3.05) is 7.11 Å². The van der Waals surface area contributed by atoms with Crippen molar-refractivity contribution >= 4 is 15.9 Å². The third-order valence-electron chi connectivity index (χ3n) is 6.28. The number of aliphatic hydroxyl groups is 1. The van der Waals surface area contributed by atoms with Crippen LogP contribution in [0.4, 0.5) is 0 Å². The van der Waals surface area contributed by atoms with Crippen molar-refractivity contribution in [3.05, 3.63) is 94.0 Å². The van der Waals surface area contributed by atoms with Gasteiger partial charge in [0, 0.05) is 22.0 Å². The molecule has 4 heteroatoms. The van der Waals surface area contributed by atoms with Crippen LogP contribution in [0.5, 0.6) is 11.5 Å². The quantitative estimate of drug-likeness (QED) is 0.587. The summed E-state index contributed by atoms with van der Waals surface area (Å²) in [4.78, 5) is 0. The van der Waals surface area contributed by atoms with Gasteiger partial charge >= 0.3 is 0 Å². The van der Waals surface area contributed by atoms with Crippen LogP contribution in [0.1, 0.15) is 35.4 Å². The zero-order valence-corrected chi connectivity index (χ0v) is 17.1. The van der Waals surface area contributed by atoms with E-state index < -0.39 is 11.2 Å². The average molecular weight is 437 g/mol. The lowest BCUT2D eigenvalue weighted by Gasteiger charge is -2.40. The van der Waals surface area contributed by atoms with E-state index >= 15 is 0 Å². The number of hydrogen-bond acceptors (Lipinski definition) is 3. The fraction of sp³-hybridized carbons (Fsp3) is 0.250. The van der Waals surface area contributed by atoms with Crippen LogP contribution in [-0.4, -0.2) is 12.2 Å². The number of ether oxygens (including phenoxy) is 2. The molecule has 1 N–H and O–H groups in total. The van der Waals surface area contributed by atoms with Crippen LogP contribution in [0.25, 0.3) is 0 Å². The summed E-state index contributed by atoms with van der Waals surface area (Å²) < 4.78 is 13.1. The molecular weight excluding hydrogens is 416 g/mol. The van der Waals surface area contributed by atoms with Gasteiger partial charge < -0.3 is 14.6 Å². The van der Waals surface area contributed by atoms with Gasteiger partial charge in [0.05, 0.1) is 7.11 Å². The van der Waals surface area contributed by atoms with Gasteiger partial charge in [-0.25, -0.2) is 0 Å². The highest BCUT2D eigenvalue weighted by molar-refractivity contribution is 9.10. The highest BCUT2D eigenvalue weighted by atomic mass is 79.9. The fourth-order valence-corrected chi connectivity index (χ4v) is 5.30. The maximum atomic E-state index is 12.1. The van der Waals surface area contributed by atoms with Crippen LogP contribution in [0.2, 0.25) is 0 Å². The first kappa shape index (κ1) is 17.8. The predicted molar refractivity (Wildman–Crippen MR) is 112 cm³/mol. The molecule has 0 amide bonds. The smallest absolute Gasteiger partial charge is 0.173 e. The Bertz CT molecular complexity index is 1020. The van der Waals surface area contributed by atoms with Crippen LogP contribution in [0, 0.1) is 0 Å². The maximum absolute atomic E-state index is 12.1. The highest BCUT2D eigenvalue weighted by Gasteiger charge is 2.68. The average Bonchev–Trinajstić information content (AvgIpc) is 3.16. The fourth-order valence-electron chi connectivity index (χ4n) is 5.03. The molecule has 142 valence electrons. The summed E-state index contributed by atoms with van der Waals surface area (Å²) >= 11 is 3.53. The molecule has 0 aromatic heterocycles. The van der Waals surface area contributed by atoms with E-state index in [0.29, 0.717) is 12.2 Å². The number of hydrogen-bond donors (Lipinski definition) is 1. The van der Waals surface area contributed by atoms with E-state index in [2.05, 4.69) is 40.2 Å². The van der Waals surface area contributed by atoms with Crippen LogP contribution >= 0.6 is 15.9 Å². The first-order chi connectivity index (χ1) is 13.6. The lowest BCUT2D eigenvalue weighted by Crippen LogP contribution is -2.47. The Labute approximate surface area is 173 Å². The maximum Gasteiger partial charge on any atom is 0.173 e. The normalized spacial score (nSPS) is 27.8. The van der Waals surface area contributed by atoms with Gasteiger partial charge in [-0.1, -0.05) is 58.4 Å². The number of halogens is 1. The van der Waals surface area contributed by atoms with Crippen LogP contribution < -0.4 is 9.47 Å². The Morgan fingerprint density at radius 1 is 1.04 bits per heavy atom. The SMILES string of the molecule is COc1ccc2c(c1)O[C@@]1(c3ccc(Br)cc3)C(c3ccccc3)CCC21O. The second-order valence-electron chi connectivity index (χ2n) is 7.57. The van der Waals surface area contributed by atoms with Crippen molar-refractivity contribution in [1.29, 1.82) is 0 Å². The monoisotopic (exact) mass is 436 g/mol. The lowest BCUT2D eigenvalue weighted by molar-refractivity contribution is -0.105. The molecule has 2 aliphatic rings. The molecule has 3 nitrogen and oxygen atoms in total. The van der Waals surface area contributed by atoms with Crippen LogP contribution in [0.15, 0.2) is 77.3 Å². The van der Waals surface area contributed by atoms with Gasteiger partial charge in [-0.3, -0.25) is 0 Å². The summed E-state index contributed by atoms with van der Waals surface area (Å²) in [7, 11) is 1.64. The van der Waals surface area contributed by atoms with E-state index in [-0.39, 0.29) is 5.92 Å². The molecule has 0 spiro atoms. The minimum absolute atomic E-state index is 0.0401. The Balaban J connectivity index is 1.75. The molecule has 1 aliphatic carbocycles. The van der Waals surface area contributed by atoms with Gasteiger partial charge in [0.15, 0.2) is 5.60 Å². The summed E-state index contributed by atoms with van der Waals surface area (Å²) in [5.41, 5.74) is 1.04. The number of methoxy groups -OCH3 is 1. The van der Waals surface area contributed by atoms with Gasteiger partial charge in [0.1, 0.15) is 17.1 Å². The summed E-state index contributed by atoms with van der Waals surface area (Å²) in [5, 5.41) is 12.1. The molecule has 1 fully saturated rings. The summed E-state index contributed by atoms with van der Waals surface area (Å²) in [6.07, 6.45) is 1.49. The summed E-state index contributed by atoms with van der Waals surface area (Å²) in [6, 6.07) is 24.2.